The number of esters is 1. The zero-order valence-electron chi connectivity index (χ0n) is 14.0. The zero-order valence-corrected chi connectivity index (χ0v) is 14.0. The molecule has 4 heteroatoms. The molecule has 1 aromatic heterocycles. The minimum absolute atomic E-state index is 0.327. The first-order valence-electron chi connectivity index (χ1n) is 7.86. The van der Waals surface area contributed by atoms with E-state index in [0.717, 1.165) is 27.8 Å². The lowest BCUT2D eigenvalue weighted by Gasteiger charge is -2.15. The summed E-state index contributed by atoms with van der Waals surface area (Å²) in [6, 6.07) is 15.5. The van der Waals surface area contributed by atoms with E-state index in [9.17, 15) is 4.79 Å². The van der Waals surface area contributed by atoms with Crippen LogP contribution in [0.3, 0.4) is 0 Å². The smallest absolute Gasteiger partial charge is 0.340 e. The SMILES string of the molecule is CCOC(=O)c1c(C)nc2ccccc2c1-c1ccc(OC)cc1. The summed E-state index contributed by atoms with van der Waals surface area (Å²) in [7, 11) is 1.63. The van der Waals surface area contributed by atoms with Crippen molar-refractivity contribution in [2.45, 2.75) is 13.8 Å². The first kappa shape index (κ1) is 16.0. The highest BCUT2D eigenvalue weighted by Crippen LogP contribution is 2.34. The van der Waals surface area contributed by atoms with Gasteiger partial charge in [-0.15, -0.1) is 0 Å². The fraction of sp³-hybridized carbons (Fsp3) is 0.200. The number of para-hydroxylation sites is 1. The Morgan fingerprint density at radius 2 is 1.79 bits per heavy atom. The minimum atomic E-state index is -0.348. The maximum absolute atomic E-state index is 12.5. The molecule has 2 aromatic carbocycles. The quantitative estimate of drug-likeness (QED) is 0.668. The van der Waals surface area contributed by atoms with E-state index in [-0.39, 0.29) is 5.97 Å². The monoisotopic (exact) mass is 321 g/mol. The van der Waals surface area contributed by atoms with E-state index in [0.29, 0.717) is 17.9 Å². The van der Waals surface area contributed by atoms with Gasteiger partial charge in [0.05, 0.1) is 30.5 Å². The Balaban J connectivity index is 2.32. The highest BCUT2D eigenvalue weighted by Gasteiger charge is 2.21. The number of rotatable bonds is 4. The molecule has 24 heavy (non-hydrogen) atoms. The third-order valence-electron chi connectivity index (χ3n) is 3.93. The number of hydrogen-bond donors (Lipinski definition) is 0. The normalized spacial score (nSPS) is 10.6. The van der Waals surface area contributed by atoms with Crippen LogP contribution in [0.1, 0.15) is 23.0 Å². The van der Waals surface area contributed by atoms with Gasteiger partial charge >= 0.3 is 5.97 Å². The molecule has 0 radical (unpaired) electrons. The third-order valence-corrected chi connectivity index (χ3v) is 3.93. The molecule has 0 unspecified atom stereocenters. The lowest BCUT2D eigenvalue weighted by Crippen LogP contribution is -2.10. The molecule has 0 saturated carbocycles. The molecular weight excluding hydrogens is 302 g/mol. The number of carbonyl (C=O) groups is 1. The van der Waals surface area contributed by atoms with Gasteiger partial charge in [0.2, 0.25) is 0 Å². The largest absolute Gasteiger partial charge is 0.497 e. The van der Waals surface area contributed by atoms with Gasteiger partial charge in [-0.2, -0.15) is 0 Å². The first-order valence-corrected chi connectivity index (χ1v) is 7.86. The molecule has 0 aliphatic carbocycles. The summed E-state index contributed by atoms with van der Waals surface area (Å²) in [6.45, 7) is 3.97. The van der Waals surface area contributed by atoms with Gasteiger partial charge in [0.1, 0.15) is 5.75 Å². The molecule has 1 heterocycles. The predicted octanol–water partition coefficient (Wildman–Crippen LogP) is 4.40. The van der Waals surface area contributed by atoms with E-state index in [1.165, 1.54) is 0 Å². The molecule has 3 aromatic rings. The van der Waals surface area contributed by atoms with Crippen LogP contribution in [0.5, 0.6) is 5.75 Å². The van der Waals surface area contributed by atoms with Crippen molar-refractivity contribution in [3.05, 3.63) is 59.8 Å². The van der Waals surface area contributed by atoms with Gasteiger partial charge in [-0.3, -0.25) is 4.98 Å². The number of benzene rings is 2. The second-order valence-electron chi connectivity index (χ2n) is 5.41. The molecule has 0 bridgehead atoms. The predicted molar refractivity (Wildman–Crippen MR) is 94.4 cm³/mol. The van der Waals surface area contributed by atoms with Crippen LogP contribution < -0.4 is 4.74 Å². The van der Waals surface area contributed by atoms with E-state index < -0.39 is 0 Å². The van der Waals surface area contributed by atoms with Crippen LogP contribution >= 0.6 is 0 Å². The molecule has 0 aliphatic heterocycles. The molecule has 0 saturated heterocycles. The zero-order chi connectivity index (χ0) is 17.1. The van der Waals surface area contributed by atoms with Crippen LogP contribution in [-0.4, -0.2) is 24.7 Å². The fourth-order valence-electron chi connectivity index (χ4n) is 2.85. The van der Waals surface area contributed by atoms with Gasteiger partial charge in [0.25, 0.3) is 0 Å². The van der Waals surface area contributed by atoms with E-state index >= 15 is 0 Å². The Labute approximate surface area is 141 Å². The summed E-state index contributed by atoms with van der Waals surface area (Å²) in [5.41, 5.74) is 3.81. The molecular formula is C20H19NO3. The number of fused-ring (bicyclic) bond motifs is 1. The summed E-state index contributed by atoms with van der Waals surface area (Å²) in [5, 5.41) is 0.927. The van der Waals surface area contributed by atoms with Crippen molar-refractivity contribution in [2.75, 3.05) is 13.7 Å². The molecule has 0 spiro atoms. The first-order chi connectivity index (χ1) is 11.7. The Morgan fingerprint density at radius 3 is 2.46 bits per heavy atom. The lowest BCUT2D eigenvalue weighted by atomic mass is 9.94. The number of nitrogens with zero attached hydrogens (tertiary/aromatic N) is 1. The van der Waals surface area contributed by atoms with Crippen molar-refractivity contribution in [1.82, 2.24) is 4.98 Å². The number of methoxy groups -OCH3 is 1. The van der Waals surface area contributed by atoms with Crippen molar-refractivity contribution in [3.8, 4) is 16.9 Å². The second kappa shape index (κ2) is 6.71. The van der Waals surface area contributed by atoms with Gasteiger partial charge in [-0.05, 0) is 37.6 Å². The van der Waals surface area contributed by atoms with Crippen LogP contribution in [0.25, 0.3) is 22.0 Å². The van der Waals surface area contributed by atoms with Gasteiger partial charge in [-0.1, -0.05) is 30.3 Å². The number of pyridine rings is 1. The number of ether oxygens (including phenoxy) is 2. The van der Waals surface area contributed by atoms with Crippen LogP contribution in [0.15, 0.2) is 48.5 Å². The van der Waals surface area contributed by atoms with E-state index in [1.807, 2.05) is 55.5 Å². The third kappa shape index (κ3) is 2.83. The van der Waals surface area contributed by atoms with E-state index in [4.69, 9.17) is 9.47 Å². The van der Waals surface area contributed by atoms with E-state index in [2.05, 4.69) is 4.98 Å². The summed E-state index contributed by atoms with van der Waals surface area (Å²) in [4.78, 5) is 17.1. The second-order valence-corrected chi connectivity index (χ2v) is 5.41. The molecule has 0 aliphatic rings. The van der Waals surface area contributed by atoms with Crippen LogP contribution in [0.2, 0.25) is 0 Å². The molecule has 122 valence electrons. The molecule has 0 amide bonds. The molecule has 3 rings (SSSR count). The molecule has 0 N–H and O–H groups in total. The number of aryl methyl sites for hydroxylation is 1. The number of aromatic nitrogens is 1. The number of hydrogen-bond acceptors (Lipinski definition) is 4. The average Bonchev–Trinajstić information content (AvgIpc) is 2.60. The molecule has 4 nitrogen and oxygen atoms in total. The Kier molecular flexibility index (Phi) is 4.47. The summed E-state index contributed by atoms with van der Waals surface area (Å²) in [6.07, 6.45) is 0. The van der Waals surface area contributed by atoms with Crippen LogP contribution in [0.4, 0.5) is 0 Å². The maximum Gasteiger partial charge on any atom is 0.340 e. The Hall–Kier alpha value is -2.88. The van der Waals surface area contributed by atoms with Crippen molar-refractivity contribution >= 4 is 16.9 Å². The van der Waals surface area contributed by atoms with Crippen molar-refractivity contribution < 1.29 is 14.3 Å². The highest BCUT2D eigenvalue weighted by molar-refractivity contribution is 6.07. The van der Waals surface area contributed by atoms with Crippen molar-refractivity contribution in [2.24, 2.45) is 0 Å². The molecule has 0 fully saturated rings. The van der Waals surface area contributed by atoms with E-state index in [1.54, 1.807) is 14.0 Å². The average molecular weight is 321 g/mol. The van der Waals surface area contributed by atoms with Gasteiger partial charge in [0.15, 0.2) is 0 Å². The summed E-state index contributed by atoms with van der Waals surface area (Å²) < 4.78 is 10.5. The van der Waals surface area contributed by atoms with Crippen LogP contribution in [0, 0.1) is 6.92 Å². The minimum Gasteiger partial charge on any atom is -0.497 e. The lowest BCUT2D eigenvalue weighted by molar-refractivity contribution is 0.0526. The van der Waals surface area contributed by atoms with Gasteiger partial charge < -0.3 is 9.47 Å². The van der Waals surface area contributed by atoms with Crippen LogP contribution in [-0.2, 0) is 4.74 Å². The summed E-state index contributed by atoms with van der Waals surface area (Å²) in [5.74, 6) is 0.422. The number of carbonyl (C=O) groups excluding carboxylic acids is 1. The highest BCUT2D eigenvalue weighted by atomic mass is 16.5. The standard InChI is InChI=1S/C20H19NO3/c1-4-24-20(22)18-13(2)21-17-8-6-5-7-16(17)19(18)14-9-11-15(23-3)12-10-14/h5-12H,4H2,1-3H3. The maximum atomic E-state index is 12.5. The van der Waals surface area contributed by atoms with Crippen molar-refractivity contribution in [1.29, 1.82) is 0 Å². The summed E-state index contributed by atoms with van der Waals surface area (Å²) >= 11 is 0. The Bertz CT molecular complexity index is 885. The van der Waals surface area contributed by atoms with Gasteiger partial charge in [-0.25, -0.2) is 4.79 Å². The van der Waals surface area contributed by atoms with Gasteiger partial charge in [0, 0.05) is 10.9 Å². The molecule has 0 atom stereocenters. The van der Waals surface area contributed by atoms with Crippen molar-refractivity contribution in [3.63, 3.8) is 0 Å². The fourth-order valence-corrected chi connectivity index (χ4v) is 2.85. The Morgan fingerprint density at radius 1 is 1.08 bits per heavy atom. The topological polar surface area (TPSA) is 48.4 Å².